The van der Waals surface area contributed by atoms with Gasteiger partial charge in [0.15, 0.2) is 23.3 Å². The van der Waals surface area contributed by atoms with Crippen LogP contribution in [0, 0.1) is 0 Å². The maximum atomic E-state index is 5.21. The summed E-state index contributed by atoms with van der Waals surface area (Å²) in [6, 6.07) is 74.5. The summed E-state index contributed by atoms with van der Waals surface area (Å²) in [4.78, 5) is 25.8. The number of nitrogens with zero attached hydrogens (tertiary/aromatic N) is 5. The first-order valence-electron chi connectivity index (χ1n) is 22.1. The zero-order valence-corrected chi connectivity index (χ0v) is 35.9. The predicted molar refractivity (Wildman–Crippen MR) is 266 cm³/mol. The van der Waals surface area contributed by atoms with Crippen molar-refractivity contribution in [3.8, 4) is 90.3 Å². The third-order valence-corrected chi connectivity index (χ3v) is 12.9. The van der Waals surface area contributed by atoms with Gasteiger partial charge in [-0.05, 0) is 91.3 Å². The fraction of sp³-hybridized carbons (Fsp3) is 0.0500. The number of hydrogen-bond donors (Lipinski definition) is 0. The minimum atomic E-state index is -0.125. The van der Waals surface area contributed by atoms with E-state index in [0.29, 0.717) is 23.3 Å². The first kappa shape index (κ1) is 38.3. The number of fused-ring (bicyclic) bond motifs is 5. The molecule has 0 amide bonds. The van der Waals surface area contributed by atoms with E-state index in [2.05, 4.69) is 208 Å². The van der Waals surface area contributed by atoms with Gasteiger partial charge in [-0.15, -0.1) is 0 Å². The number of benzene rings is 9. The Morgan fingerprint density at radius 2 is 0.692 bits per heavy atom. The molecule has 0 radical (unpaired) electrons. The van der Waals surface area contributed by atoms with Gasteiger partial charge in [-0.3, -0.25) is 0 Å². The Morgan fingerprint density at radius 1 is 0.262 bits per heavy atom. The summed E-state index contributed by atoms with van der Waals surface area (Å²) in [5.74, 6) is 2.55. The molecule has 0 aliphatic heterocycles. The molecule has 1 aliphatic carbocycles. The molecule has 0 bridgehead atoms. The normalized spacial score (nSPS) is 12.6. The molecule has 1 aliphatic rings. The van der Waals surface area contributed by atoms with E-state index in [4.69, 9.17) is 24.9 Å². The second-order valence-corrected chi connectivity index (χ2v) is 17.4. The zero-order chi connectivity index (χ0) is 43.5. The third kappa shape index (κ3) is 6.95. The monoisotopic (exact) mass is 831 g/mol. The van der Waals surface area contributed by atoms with Crippen LogP contribution in [0.4, 0.5) is 0 Å². The summed E-state index contributed by atoms with van der Waals surface area (Å²) in [6.45, 7) is 4.63. The van der Waals surface area contributed by atoms with Crippen molar-refractivity contribution in [2.45, 2.75) is 19.3 Å². The largest absolute Gasteiger partial charge is 0.228 e. The maximum absolute atomic E-state index is 5.21. The van der Waals surface area contributed by atoms with Crippen LogP contribution in [0.25, 0.3) is 112 Å². The first-order chi connectivity index (χ1) is 31.9. The molecule has 2 aromatic heterocycles. The number of hydrogen-bond acceptors (Lipinski definition) is 5. The molecule has 0 atom stereocenters. The van der Waals surface area contributed by atoms with E-state index in [-0.39, 0.29) is 5.41 Å². The van der Waals surface area contributed by atoms with Gasteiger partial charge in [-0.2, -0.15) is 0 Å². The molecule has 11 aromatic rings. The molecule has 65 heavy (non-hydrogen) atoms. The standard InChI is InChI=1S/C60H41N5/c1-60(2)52-25-11-10-24-50(52)51-31-30-46(36-53(51)60)55-37-54(61-56(62-55)40-16-4-3-5-17-40)45-22-12-20-43(32-45)44-21-13-23-47(35-44)57-63-58(48-28-26-38-14-6-8-18-41(38)33-48)65-59(64-57)49-29-27-39-15-7-9-19-42(39)34-49/h3-37H,1-2H3. The lowest BCUT2D eigenvalue weighted by atomic mass is 9.82. The van der Waals surface area contributed by atoms with Crippen LogP contribution in [0.2, 0.25) is 0 Å². The van der Waals surface area contributed by atoms with Gasteiger partial charge in [0.2, 0.25) is 0 Å². The number of aromatic nitrogens is 5. The third-order valence-electron chi connectivity index (χ3n) is 12.9. The minimum absolute atomic E-state index is 0.125. The zero-order valence-electron chi connectivity index (χ0n) is 35.9. The molecule has 9 aromatic carbocycles. The van der Waals surface area contributed by atoms with Crippen molar-refractivity contribution in [1.82, 2.24) is 24.9 Å². The highest BCUT2D eigenvalue weighted by Crippen LogP contribution is 2.49. The Kier molecular flexibility index (Phi) is 9.09. The molecule has 0 saturated carbocycles. The topological polar surface area (TPSA) is 64.5 Å². The fourth-order valence-electron chi connectivity index (χ4n) is 9.44. The van der Waals surface area contributed by atoms with E-state index in [1.165, 1.54) is 33.0 Å². The summed E-state index contributed by atoms with van der Waals surface area (Å²) >= 11 is 0. The lowest BCUT2D eigenvalue weighted by Crippen LogP contribution is -2.14. The molecular formula is C60H41N5. The van der Waals surface area contributed by atoms with Crippen LogP contribution in [0.5, 0.6) is 0 Å². The summed E-state index contributed by atoms with van der Waals surface area (Å²) in [6.07, 6.45) is 0. The number of rotatable bonds is 7. The average molecular weight is 832 g/mol. The van der Waals surface area contributed by atoms with Crippen molar-refractivity contribution in [3.05, 3.63) is 223 Å². The molecule has 306 valence electrons. The Balaban J connectivity index is 0.949. The van der Waals surface area contributed by atoms with Crippen molar-refractivity contribution in [2.75, 3.05) is 0 Å². The Labute approximate surface area is 377 Å². The van der Waals surface area contributed by atoms with Gasteiger partial charge in [-0.1, -0.05) is 190 Å². The quantitative estimate of drug-likeness (QED) is 0.160. The summed E-state index contributed by atoms with van der Waals surface area (Å²) < 4.78 is 0. The molecule has 0 N–H and O–H groups in total. The van der Waals surface area contributed by atoms with E-state index < -0.39 is 0 Å². The molecule has 2 heterocycles. The van der Waals surface area contributed by atoms with E-state index in [0.717, 1.165) is 66.7 Å². The van der Waals surface area contributed by atoms with Gasteiger partial charge in [0.1, 0.15) is 0 Å². The van der Waals surface area contributed by atoms with Crippen LogP contribution < -0.4 is 0 Å². The fourth-order valence-corrected chi connectivity index (χ4v) is 9.44. The van der Waals surface area contributed by atoms with Gasteiger partial charge < -0.3 is 0 Å². The van der Waals surface area contributed by atoms with Crippen molar-refractivity contribution in [2.24, 2.45) is 0 Å². The minimum Gasteiger partial charge on any atom is -0.228 e. The lowest BCUT2D eigenvalue weighted by molar-refractivity contribution is 0.660. The highest BCUT2D eigenvalue weighted by atomic mass is 15.0. The van der Waals surface area contributed by atoms with E-state index >= 15 is 0 Å². The second-order valence-electron chi connectivity index (χ2n) is 17.4. The van der Waals surface area contributed by atoms with Crippen molar-refractivity contribution < 1.29 is 0 Å². The highest BCUT2D eigenvalue weighted by Gasteiger charge is 2.35. The van der Waals surface area contributed by atoms with E-state index in [1.807, 2.05) is 18.2 Å². The van der Waals surface area contributed by atoms with Gasteiger partial charge in [0.05, 0.1) is 11.4 Å². The Bertz CT molecular complexity index is 3550. The molecule has 0 spiro atoms. The molecule has 5 heteroatoms. The average Bonchev–Trinajstić information content (AvgIpc) is 3.61. The van der Waals surface area contributed by atoms with E-state index in [1.54, 1.807) is 0 Å². The van der Waals surface area contributed by atoms with Crippen LogP contribution in [-0.2, 0) is 5.41 Å². The Hall–Kier alpha value is -8.41. The van der Waals surface area contributed by atoms with E-state index in [9.17, 15) is 0 Å². The Morgan fingerprint density at radius 3 is 1.32 bits per heavy atom. The van der Waals surface area contributed by atoms with Crippen LogP contribution in [0.15, 0.2) is 212 Å². The van der Waals surface area contributed by atoms with Gasteiger partial charge in [0, 0.05) is 38.8 Å². The summed E-state index contributed by atoms with van der Waals surface area (Å²) in [5, 5.41) is 4.61. The molecule has 0 fully saturated rings. The second kappa shape index (κ2) is 15.4. The van der Waals surface area contributed by atoms with Gasteiger partial charge in [-0.25, -0.2) is 24.9 Å². The van der Waals surface area contributed by atoms with Gasteiger partial charge in [0.25, 0.3) is 0 Å². The SMILES string of the molecule is CC1(C)c2ccccc2-c2ccc(-c3cc(-c4cccc(-c5cccc(-c6nc(-c7ccc8ccccc8c7)nc(-c7ccc8ccccc8c7)n6)c5)c4)nc(-c4ccccc4)n3)cc21. The summed E-state index contributed by atoms with van der Waals surface area (Å²) in [5.41, 5.74) is 14.8. The smallest absolute Gasteiger partial charge is 0.164 e. The van der Waals surface area contributed by atoms with Crippen LogP contribution in [-0.4, -0.2) is 24.9 Å². The van der Waals surface area contributed by atoms with Crippen molar-refractivity contribution in [3.63, 3.8) is 0 Å². The van der Waals surface area contributed by atoms with Crippen LogP contribution in [0.1, 0.15) is 25.0 Å². The summed E-state index contributed by atoms with van der Waals surface area (Å²) in [7, 11) is 0. The van der Waals surface area contributed by atoms with Crippen LogP contribution >= 0.6 is 0 Å². The van der Waals surface area contributed by atoms with Crippen molar-refractivity contribution >= 4 is 21.5 Å². The highest BCUT2D eigenvalue weighted by molar-refractivity contribution is 5.89. The molecule has 0 saturated heterocycles. The molecule has 12 rings (SSSR count). The van der Waals surface area contributed by atoms with Crippen molar-refractivity contribution in [1.29, 1.82) is 0 Å². The molecule has 0 unspecified atom stereocenters. The van der Waals surface area contributed by atoms with Gasteiger partial charge >= 0.3 is 0 Å². The first-order valence-corrected chi connectivity index (χ1v) is 22.1. The maximum Gasteiger partial charge on any atom is 0.164 e. The molecule has 5 nitrogen and oxygen atoms in total. The predicted octanol–water partition coefficient (Wildman–Crippen LogP) is 14.9. The molecular weight excluding hydrogens is 791 g/mol. The van der Waals surface area contributed by atoms with Crippen LogP contribution in [0.3, 0.4) is 0 Å². The lowest BCUT2D eigenvalue weighted by Gasteiger charge is -2.22.